The molecule has 4 aromatic rings. The fraction of sp³-hybridized carbons (Fsp3) is 0.333. The maximum Gasteiger partial charge on any atom is 0.416 e. The summed E-state index contributed by atoms with van der Waals surface area (Å²) in [6.07, 6.45) is -1.58. The van der Waals surface area contributed by atoms with Gasteiger partial charge < -0.3 is 15.1 Å². The van der Waals surface area contributed by atoms with E-state index in [9.17, 15) is 27.2 Å². The van der Waals surface area contributed by atoms with Crippen LogP contribution in [0.3, 0.4) is 0 Å². The summed E-state index contributed by atoms with van der Waals surface area (Å²) in [5, 5.41) is 0. The second-order valence-corrected chi connectivity index (χ2v) is 10.4. The molecule has 1 aliphatic heterocycles. The molecule has 2 N–H and O–H groups in total. The molecule has 1 aliphatic rings. The van der Waals surface area contributed by atoms with Gasteiger partial charge in [-0.3, -0.25) is 18.8 Å². The SMILES string of the molecule is Cc1c(N2CCN(Cc3ccoc3)CC2)c(=O)n(C[C@@H](N)c2ccccc2)c(=O)n1Cc1c(F)cccc1C(F)(F)F. The van der Waals surface area contributed by atoms with Crippen molar-refractivity contribution in [3.05, 3.63) is 122 Å². The van der Waals surface area contributed by atoms with Crippen molar-refractivity contribution in [1.29, 1.82) is 0 Å². The number of aromatic nitrogens is 2. The van der Waals surface area contributed by atoms with Gasteiger partial charge in [0.25, 0.3) is 5.56 Å². The third-order valence-corrected chi connectivity index (χ3v) is 7.68. The fourth-order valence-corrected chi connectivity index (χ4v) is 5.41. The van der Waals surface area contributed by atoms with E-state index >= 15 is 0 Å². The Hall–Kier alpha value is -4.16. The molecule has 222 valence electrons. The molecule has 0 spiro atoms. The molecule has 0 saturated carbocycles. The number of furan rings is 1. The van der Waals surface area contributed by atoms with E-state index in [-0.39, 0.29) is 17.9 Å². The van der Waals surface area contributed by atoms with Gasteiger partial charge in [-0.2, -0.15) is 13.2 Å². The first-order valence-electron chi connectivity index (χ1n) is 13.5. The van der Waals surface area contributed by atoms with Crippen molar-refractivity contribution in [2.75, 3.05) is 31.1 Å². The van der Waals surface area contributed by atoms with E-state index in [2.05, 4.69) is 4.90 Å². The highest BCUT2D eigenvalue weighted by Gasteiger charge is 2.35. The quantitative estimate of drug-likeness (QED) is 0.313. The molecule has 0 aliphatic carbocycles. The van der Waals surface area contributed by atoms with Crippen molar-refractivity contribution in [2.24, 2.45) is 5.73 Å². The van der Waals surface area contributed by atoms with E-state index in [0.29, 0.717) is 38.3 Å². The van der Waals surface area contributed by atoms with Crippen molar-refractivity contribution in [3.63, 3.8) is 0 Å². The lowest BCUT2D eigenvalue weighted by Gasteiger charge is -2.36. The van der Waals surface area contributed by atoms with Crippen LogP contribution >= 0.6 is 0 Å². The van der Waals surface area contributed by atoms with Gasteiger partial charge in [-0.1, -0.05) is 36.4 Å². The fourth-order valence-electron chi connectivity index (χ4n) is 5.41. The van der Waals surface area contributed by atoms with Crippen LogP contribution in [-0.2, 0) is 25.8 Å². The maximum atomic E-state index is 14.9. The summed E-state index contributed by atoms with van der Waals surface area (Å²) >= 11 is 0. The van der Waals surface area contributed by atoms with Crippen molar-refractivity contribution in [2.45, 2.75) is 38.8 Å². The summed E-state index contributed by atoms with van der Waals surface area (Å²) in [6.45, 7) is 3.31. The first-order valence-corrected chi connectivity index (χ1v) is 13.5. The van der Waals surface area contributed by atoms with Gasteiger partial charge in [0.05, 0.1) is 31.2 Å². The molecule has 1 saturated heterocycles. The number of hydrogen-bond acceptors (Lipinski definition) is 6. The van der Waals surface area contributed by atoms with Gasteiger partial charge in [0.2, 0.25) is 0 Å². The van der Waals surface area contributed by atoms with E-state index in [4.69, 9.17) is 10.2 Å². The second kappa shape index (κ2) is 12.0. The Kier molecular flexibility index (Phi) is 8.37. The number of nitrogens with two attached hydrogens (primary N) is 1. The minimum Gasteiger partial charge on any atom is -0.472 e. The summed E-state index contributed by atoms with van der Waals surface area (Å²) in [4.78, 5) is 31.6. The second-order valence-electron chi connectivity index (χ2n) is 10.4. The van der Waals surface area contributed by atoms with Crippen LogP contribution in [0.2, 0.25) is 0 Å². The van der Waals surface area contributed by atoms with E-state index < -0.39 is 47.0 Å². The predicted molar refractivity (Wildman–Crippen MR) is 150 cm³/mol. The Morgan fingerprint density at radius 1 is 0.929 bits per heavy atom. The van der Waals surface area contributed by atoms with E-state index in [1.165, 1.54) is 6.92 Å². The highest BCUT2D eigenvalue weighted by atomic mass is 19.4. The maximum absolute atomic E-state index is 14.9. The first-order chi connectivity index (χ1) is 20.0. The zero-order valence-corrected chi connectivity index (χ0v) is 23.0. The summed E-state index contributed by atoms with van der Waals surface area (Å²) in [6, 6.07) is 12.7. The van der Waals surface area contributed by atoms with Gasteiger partial charge >= 0.3 is 11.9 Å². The largest absolute Gasteiger partial charge is 0.472 e. The monoisotopic (exact) mass is 585 g/mol. The van der Waals surface area contributed by atoms with Crippen molar-refractivity contribution < 1.29 is 22.0 Å². The van der Waals surface area contributed by atoms with Crippen molar-refractivity contribution in [1.82, 2.24) is 14.0 Å². The average Bonchev–Trinajstić information content (AvgIpc) is 3.48. The summed E-state index contributed by atoms with van der Waals surface area (Å²) in [5.41, 5.74) is 5.11. The van der Waals surface area contributed by atoms with Gasteiger partial charge in [0.1, 0.15) is 11.5 Å². The molecule has 42 heavy (non-hydrogen) atoms. The highest BCUT2D eigenvalue weighted by molar-refractivity contribution is 5.50. The molecule has 0 amide bonds. The highest BCUT2D eigenvalue weighted by Crippen LogP contribution is 2.33. The minimum absolute atomic E-state index is 0.161. The smallest absolute Gasteiger partial charge is 0.416 e. The zero-order valence-electron chi connectivity index (χ0n) is 23.0. The number of piperazine rings is 1. The van der Waals surface area contributed by atoms with Gasteiger partial charge in [-0.15, -0.1) is 0 Å². The van der Waals surface area contributed by atoms with Gasteiger partial charge in [0.15, 0.2) is 0 Å². The van der Waals surface area contributed by atoms with E-state index in [1.54, 1.807) is 42.9 Å². The number of rotatable bonds is 8. The van der Waals surface area contributed by atoms with Crippen LogP contribution < -0.4 is 21.9 Å². The van der Waals surface area contributed by atoms with Crippen LogP contribution in [0, 0.1) is 12.7 Å². The lowest BCUT2D eigenvalue weighted by Crippen LogP contribution is -2.51. The molecular weight excluding hydrogens is 554 g/mol. The molecule has 8 nitrogen and oxygen atoms in total. The standard InChI is InChI=1S/C30H31F4N5O3/c1-20-27(37-13-11-36(12-14-37)16-21-10-15-42-19-21)28(40)39(18-26(35)22-6-3-2-4-7-22)29(41)38(20)17-23-24(30(32,33)34)8-5-9-25(23)31/h2-10,15,19,26H,11-14,16-18,35H2,1H3/t26-/m1/s1. The Morgan fingerprint density at radius 2 is 1.64 bits per heavy atom. The molecule has 0 radical (unpaired) electrons. The Morgan fingerprint density at radius 3 is 2.29 bits per heavy atom. The summed E-state index contributed by atoms with van der Waals surface area (Å²) in [5.74, 6) is -1.09. The van der Waals surface area contributed by atoms with E-state index in [1.807, 2.05) is 11.0 Å². The average molecular weight is 586 g/mol. The molecule has 3 heterocycles. The number of anilines is 1. The van der Waals surface area contributed by atoms with Crippen molar-refractivity contribution in [3.8, 4) is 0 Å². The lowest BCUT2D eigenvalue weighted by atomic mass is 10.1. The molecule has 1 atom stereocenters. The van der Waals surface area contributed by atoms with Crippen LogP contribution in [0.1, 0.15) is 34.0 Å². The van der Waals surface area contributed by atoms with Crippen LogP contribution in [0.5, 0.6) is 0 Å². The van der Waals surface area contributed by atoms with Gasteiger partial charge in [0, 0.05) is 55.6 Å². The molecule has 0 bridgehead atoms. The van der Waals surface area contributed by atoms with Crippen LogP contribution in [0.25, 0.3) is 0 Å². The predicted octanol–water partition coefficient (Wildman–Crippen LogP) is 4.14. The normalized spacial score (nSPS) is 15.2. The summed E-state index contributed by atoms with van der Waals surface area (Å²) < 4.78 is 63.5. The number of benzene rings is 2. The molecule has 0 unspecified atom stereocenters. The minimum atomic E-state index is -4.84. The third-order valence-electron chi connectivity index (χ3n) is 7.68. The molecule has 2 aromatic carbocycles. The lowest BCUT2D eigenvalue weighted by molar-refractivity contribution is -0.138. The zero-order chi connectivity index (χ0) is 30.0. The molecule has 1 fully saturated rings. The third kappa shape index (κ3) is 6.04. The molecular formula is C30H31F4N5O3. The Labute approximate surface area is 239 Å². The number of halogens is 4. The van der Waals surface area contributed by atoms with E-state index in [0.717, 1.165) is 32.9 Å². The van der Waals surface area contributed by atoms with Crippen LogP contribution in [0.4, 0.5) is 23.2 Å². The number of nitrogens with zero attached hydrogens (tertiary/aromatic N) is 4. The first kappa shape index (κ1) is 29.3. The Bertz CT molecular complexity index is 1640. The summed E-state index contributed by atoms with van der Waals surface area (Å²) in [7, 11) is 0. The molecule has 12 heteroatoms. The Balaban J connectivity index is 1.56. The van der Waals surface area contributed by atoms with Gasteiger partial charge in [-0.05, 0) is 30.7 Å². The van der Waals surface area contributed by atoms with Gasteiger partial charge in [-0.25, -0.2) is 9.18 Å². The number of hydrogen-bond donors (Lipinski definition) is 1. The molecule has 5 rings (SSSR count). The topological polar surface area (TPSA) is 89.6 Å². The van der Waals surface area contributed by atoms with Crippen LogP contribution in [0.15, 0.2) is 81.1 Å². The van der Waals surface area contributed by atoms with Crippen molar-refractivity contribution >= 4 is 5.69 Å². The molecule has 2 aromatic heterocycles. The number of alkyl halides is 3. The van der Waals surface area contributed by atoms with Crippen LogP contribution in [-0.4, -0.2) is 40.2 Å².